The van der Waals surface area contributed by atoms with Gasteiger partial charge in [-0.25, -0.2) is 9.37 Å². The number of nitrogens with zero attached hydrogens (tertiary/aromatic N) is 1. The Morgan fingerprint density at radius 1 is 1.39 bits per heavy atom. The Kier molecular flexibility index (Phi) is 3.92. The van der Waals surface area contributed by atoms with Crippen LogP contribution in [0.2, 0.25) is 0 Å². The van der Waals surface area contributed by atoms with Crippen molar-refractivity contribution >= 4 is 16.8 Å². The van der Waals surface area contributed by atoms with Crippen LogP contribution in [0.4, 0.5) is 4.39 Å². The molecular weight excluding hydrogens is 299 g/mol. The van der Waals surface area contributed by atoms with Crippen LogP contribution in [-0.2, 0) is 17.8 Å². The third kappa shape index (κ3) is 3.13. The number of carbonyl (C=O) groups is 1. The standard InChI is InChI=1S/C16H15FN4O2/c1-9-12(11-3-2-4-13(17)16(11)21-9)6-15(23)18-7-10-5-14(22)20-8-19-10/h2-5,8,21H,6-7H2,1H3,(H,18,23)(H,19,20,22). The van der Waals surface area contributed by atoms with Crippen molar-refractivity contribution in [2.75, 3.05) is 0 Å². The molecule has 7 heteroatoms. The quantitative estimate of drug-likeness (QED) is 0.682. The second-order valence-electron chi connectivity index (χ2n) is 5.25. The molecule has 0 aliphatic heterocycles. The molecule has 0 aliphatic rings. The summed E-state index contributed by atoms with van der Waals surface area (Å²) in [4.78, 5) is 32.6. The van der Waals surface area contributed by atoms with Crippen LogP contribution in [0.15, 0.2) is 35.4 Å². The van der Waals surface area contributed by atoms with Crippen molar-refractivity contribution < 1.29 is 9.18 Å². The van der Waals surface area contributed by atoms with E-state index >= 15 is 0 Å². The molecule has 3 rings (SSSR count). The third-order valence-electron chi connectivity index (χ3n) is 3.64. The zero-order valence-corrected chi connectivity index (χ0v) is 12.4. The third-order valence-corrected chi connectivity index (χ3v) is 3.64. The molecule has 0 atom stereocenters. The summed E-state index contributed by atoms with van der Waals surface area (Å²) in [6, 6.07) is 6.10. The van der Waals surface area contributed by atoms with Crippen LogP contribution in [-0.4, -0.2) is 20.9 Å². The van der Waals surface area contributed by atoms with Crippen LogP contribution < -0.4 is 10.9 Å². The van der Waals surface area contributed by atoms with E-state index in [4.69, 9.17) is 0 Å². The summed E-state index contributed by atoms with van der Waals surface area (Å²) >= 11 is 0. The van der Waals surface area contributed by atoms with Gasteiger partial charge in [-0.1, -0.05) is 12.1 Å². The molecule has 0 spiro atoms. The molecule has 1 amide bonds. The van der Waals surface area contributed by atoms with Crippen LogP contribution in [0.25, 0.3) is 10.9 Å². The first-order valence-corrected chi connectivity index (χ1v) is 7.10. The van der Waals surface area contributed by atoms with Gasteiger partial charge in [0.1, 0.15) is 5.82 Å². The zero-order chi connectivity index (χ0) is 16.4. The highest BCUT2D eigenvalue weighted by Gasteiger charge is 2.14. The summed E-state index contributed by atoms with van der Waals surface area (Å²) in [5.41, 5.74) is 2.13. The topological polar surface area (TPSA) is 90.6 Å². The second-order valence-corrected chi connectivity index (χ2v) is 5.25. The molecule has 0 fully saturated rings. The van der Waals surface area contributed by atoms with Crippen molar-refractivity contribution in [2.24, 2.45) is 0 Å². The van der Waals surface area contributed by atoms with Gasteiger partial charge in [0.05, 0.1) is 30.5 Å². The predicted octanol–water partition coefficient (Wildman–Crippen LogP) is 1.56. The van der Waals surface area contributed by atoms with Crippen molar-refractivity contribution in [2.45, 2.75) is 19.9 Å². The molecule has 2 heterocycles. The lowest BCUT2D eigenvalue weighted by atomic mass is 10.1. The maximum Gasteiger partial charge on any atom is 0.250 e. The van der Waals surface area contributed by atoms with Crippen LogP contribution in [0.5, 0.6) is 0 Å². The van der Waals surface area contributed by atoms with Gasteiger partial charge in [-0.05, 0) is 18.6 Å². The Morgan fingerprint density at radius 3 is 3.00 bits per heavy atom. The molecular formula is C16H15FN4O2. The van der Waals surface area contributed by atoms with Crippen molar-refractivity contribution in [1.29, 1.82) is 0 Å². The Labute approximate surface area is 130 Å². The van der Waals surface area contributed by atoms with Gasteiger partial charge in [-0.3, -0.25) is 9.59 Å². The number of amides is 1. The van der Waals surface area contributed by atoms with Crippen LogP contribution in [0.1, 0.15) is 17.0 Å². The number of halogens is 1. The Balaban J connectivity index is 1.74. The largest absolute Gasteiger partial charge is 0.356 e. The maximum atomic E-state index is 13.8. The van der Waals surface area contributed by atoms with E-state index in [0.717, 1.165) is 11.3 Å². The molecule has 0 saturated carbocycles. The fraction of sp³-hybridized carbons (Fsp3) is 0.188. The van der Waals surface area contributed by atoms with E-state index in [-0.39, 0.29) is 30.2 Å². The summed E-state index contributed by atoms with van der Waals surface area (Å²) in [6.07, 6.45) is 1.41. The lowest BCUT2D eigenvalue weighted by molar-refractivity contribution is -0.120. The molecule has 3 N–H and O–H groups in total. The first kappa shape index (κ1) is 15.0. The van der Waals surface area contributed by atoms with E-state index in [1.807, 2.05) is 0 Å². The second kappa shape index (κ2) is 6.04. The summed E-state index contributed by atoms with van der Waals surface area (Å²) < 4.78 is 13.8. The predicted molar refractivity (Wildman–Crippen MR) is 83.4 cm³/mol. The van der Waals surface area contributed by atoms with E-state index in [1.54, 1.807) is 19.1 Å². The molecule has 3 aromatic rings. The molecule has 6 nitrogen and oxygen atoms in total. The van der Waals surface area contributed by atoms with Crippen LogP contribution in [0, 0.1) is 12.7 Å². The smallest absolute Gasteiger partial charge is 0.250 e. The lowest BCUT2D eigenvalue weighted by Crippen LogP contribution is -2.26. The average molecular weight is 314 g/mol. The molecule has 2 aromatic heterocycles. The number of carbonyl (C=O) groups excluding carboxylic acids is 1. The lowest BCUT2D eigenvalue weighted by Gasteiger charge is -2.05. The molecule has 118 valence electrons. The van der Waals surface area contributed by atoms with E-state index in [0.29, 0.717) is 16.6 Å². The summed E-state index contributed by atoms with van der Waals surface area (Å²) in [5, 5.41) is 3.41. The monoisotopic (exact) mass is 314 g/mol. The number of hydrogen-bond donors (Lipinski definition) is 3. The van der Waals surface area contributed by atoms with Gasteiger partial charge in [0.15, 0.2) is 0 Å². The molecule has 0 unspecified atom stereocenters. The SMILES string of the molecule is Cc1[nH]c2c(F)cccc2c1CC(=O)NCc1cc(=O)[nH]cn1. The van der Waals surface area contributed by atoms with E-state index in [9.17, 15) is 14.0 Å². The number of aromatic nitrogens is 3. The molecule has 1 aromatic carbocycles. The maximum absolute atomic E-state index is 13.8. The van der Waals surface area contributed by atoms with Crippen molar-refractivity contribution in [3.8, 4) is 0 Å². The van der Waals surface area contributed by atoms with Gasteiger partial charge in [0, 0.05) is 17.1 Å². The number of rotatable bonds is 4. The van der Waals surface area contributed by atoms with Gasteiger partial charge in [-0.2, -0.15) is 0 Å². The summed E-state index contributed by atoms with van der Waals surface area (Å²) in [6.45, 7) is 1.97. The van der Waals surface area contributed by atoms with Crippen LogP contribution >= 0.6 is 0 Å². The van der Waals surface area contributed by atoms with Crippen molar-refractivity contribution in [3.63, 3.8) is 0 Å². The Morgan fingerprint density at radius 2 is 2.22 bits per heavy atom. The molecule has 23 heavy (non-hydrogen) atoms. The summed E-state index contributed by atoms with van der Waals surface area (Å²) in [5.74, 6) is -0.565. The number of para-hydroxylation sites is 1. The van der Waals surface area contributed by atoms with Gasteiger partial charge in [0.25, 0.3) is 5.56 Å². The van der Waals surface area contributed by atoms with Crippen molar-refractivity contribution in [1.82, 2.24) is 20.3 Å². The number of aryl methyl sites for hydroxylation is 1. The highest BCUT2D eigenvalue weighted by Crippen LogP contribution is 2.24. The molecule has 0 radical (unpaired) electrons. The van der Waals surface area contributed by atoms with Crippen LogP contribution in [0.3, 0.4) is 0 Å². The van der Waals surface area contributed by atoms with E-state index in [2.05, 4.69) is 20.3 Å². The molecule has 0 bridgehead atoms. The fourth-order valence-electron chi connectivity index (χ4n) is 2.51. The minimum absolute atomic E-state index is 0.123. The Bertz CT molecular complexity index is 929. The first-order valence-electron chi connectivity index (χ1n) is 7.10. The average Bonchev–Trinajstić information content (AvgIpc) is 2.83. The van der Waals surface area contributed by atoms with Gasteiger partial charge in [-0.15, -0.1) is 0 Å². The number of fused-ring (bicyclic) bond motifs is 1. The van der Waals surface area contributed by atoms with Gasteiger partial charge >= 0.3 is 0 Å². The summed E-state index contributed by atoms with van der Waals surface area (Å²) in [7, 11) is 0. The molecule has 0 aliphatic carbocycles. The van der Waals surface area contributed by atoms with Gasteiger partial charge in [0.2, 0.25) is 5.91 Å². The minimum Gasteiger partial charge on any atom is -0.356 e. The number of benzene rings is 1. The Hall–Kier alpha value is -2.96. The number of H-pyrrole nitrogens is 2. The van der Waals surface area contributed by atoms with E-state index in [1.165, 1.54) is 18.5 Å². The van der Waals surface area contributed by atoms with E-state index < -0.39 is 0 Å². The zero-order valence-electron chi connectivity index (χ0n) is 12.4. The van der Waals surface area contributed by atoms with Crippen molar-refractivity contribution in [3.05, 3.63) is 63.7 Å². The normalized spacial score (nSPS) is 10.9. The molecule has 0 saturated heterocycles. The number of aromatic amines is 2. The number of nitrogens with one attached hydrogen (secondary N) is 3. The minimum atomic E-state index is -0.343. The van der Waals surface area contributed by atoms with Gasteiger partial charge < -0.3 is 15.3 Å². The highest BCUT2D eigenvalue weighted by molar-refractivity contribution is 5.90. The first-order chi connectivity index (χ1) is 11.0. The highest BCUT2D eigenvalue weighted by atomic mass is 19.1. The number of hydrogen-bond acceptors (Lipinski definition) is 3. The fourth-order valence-corrected chi connectivity index (χ4v) is 2.51.